The number of aliphatic hydroxyl groups is 1. The Kier molecular flexibility index (Phi) is 4.53. The SMILES string of the molecule is C[C@@H](O)[C@H](NC(=O)N1CCOCC1(C)C)C(=O)O. The zero-order valence-corrected chi connectivity index (χ0v) is 10.8. The van der Waals surface area contributed by atoms with Crippen molar-refractivity contribution in [3.63, 3.8) is 0 Å². The van der Waals surface area contributed by atoms with E-state index in [1.807, 2.05) is 13.8 Å². The van der Waals surface area contributed by atoms with Crippen LogP contribution in [0.5, 0.6) is 0 Å². The van der Waals surface area contributed by atoms with Gasteiger partial charge in [0.2, 0.25) is 0 Å². The lowest BCUT2D eigenvalue weighted by atomic mass is 10.0. The fraction of sp³-hybridized carbons (Fsp3) is 0.818. The fourth-order valence-electron chi connectivity index (χ4n) is 1.83. The third kappa shape index (κ3) is 3.33. The van der Waals surface area contributed by atoms with Gasteiger partial charge in [-0.2, -0.15) is 0 Å². The summed E-state index contributed by atoms with van der Waals surface area (Å²) >= 11 is 0. The highest BCUT2D eigenvalue weighted by Crippen LogP contribution is 2.19. The zero-order valence-electron chi connectivity index (χ0n) is 10.8. The summed E-state index contributed by atoms with van der Waals surface area (Å²) in [4.78, 5) is 24.4. The van der Waals surface area contributed by atoms with Gasteiger partial charge in [0.05, 0.1) is 24.9 Å². The van der Waals surface area contributed by atoms with Crippen LogP contribution in [0.25, 0.3) is 0 Å². The Labute approximate surface area is 106 Å². The van der Waals surface area contributed by atoms with Crippen molar-refractivity contribution in [2.24, 2.45) is 0 Å². The molecule has 2 atom stereocenters. The molecule has 0 spiro atoms. The highest BCUT2D eigenvalue weighted by Gasteiger charge is 2.36. The van der Waals surface area contributed by atoms with E-state index in [4.69, 9.17) is 9.84 Å². The van der Waals surface area contributed by atoms with E-state index in [-0.39, 0.29) is 0 Å². The number of carbonyl (C=O) groups is 2. The number of hydrogen-bond donors (Lipinski definition) is 3. The summed E-state index contributed by atoms with van der Waals surface area (Å²) in [6.45, 7) is 6.21. The second kappa shape index (κ2) is 5.53. The number of rotatable bonds is 3. The van der Waals surface area contributed by atoms with Crippen molar-refractivity contribution < 1.29 is 24.5 Å². The van der Waals surface area contributed by atoms with Crippen molar-refractivity contribution in [3.05, 3.63) is 0 Å². The lowest BCUT2D eigenvalue weighted by Crippen LogP contribution is -2.61. The standard InChI is InChI=1S/C11H20N2O5/c1-7(14)8(9(15)16)12-10(17)13-4-5-18-6-11(13,2)3/h7-8,14H,4-6H2,1-3H3,(H,12,17)(H,15,16)/t7-,8+/m1/s1. The van der Waals surface area contributed by atoms with E-state index < -0.39 is 29.7 Å². The molecule has 0 aliphatic carbocycles. The van der Waals surface area contributed by atoms with Gasteiger partial charge in [0, 0.05) is 6.54 Å². The van der Waals surface area contributed by atoms with Crippen LogP contribution in [0.1, 0.15) is 20.8 Å². The molecule has 1 fully saturated rings. The summed E-state index contributed by atoms with van der Waals surface area (Å²) < 4.78 is 5.28. The Morgan fingerprint density at radius 2 is 2.06 bits per heavy atom. The van der Waals surface area contributed by atoms with Crippen LogP contribution in [0.3, 0.4) is 0 Å². The third-order valence-corrected chi connectivity index (χ3v) is 2.92. The molecule has 104 valence electrons. The first kappa shape index (κ1) is 14.7. The van der Waals surface area contributed by atoms with Crippen molar-refractivity contribution in [1.29, 1.82) is 0 Å². The minimum Gasteiger partial charge on any atom is -0.480 e. The van der Waals surface area contributed by atoms with Crippen LogP contribution in [-0.4, -0.2) is 64.6 Å². The monoisotopic (exact) mass is 260 g/mol. The Bertz CT molecular complexity index is 329. The number of aliphatic hydroxyl groups excluding tert-OH is 1. The largest absolute Gasteiger partial charge is 0.480 e. The number of nitrogens with zero attached hydrogens (tertiary/aromatic N) is 1. The van der Waals surface area contributed by atoms with Crippen molar-refractivity contribution in [2.45, 2.75) is 38.5 Å². The number of nitrogens with one attached hydrogen (secondary N) is 1. The number of aliphatic carboxylic acids is 1. The molecule has 0 unspecified atom stereocenters. The average Bonchev–Trinajstić information content (AvgIpc) is 2.23. The second-order valence-electron chi connectivity index (χ2n) is 5.02. The van der Waals surface area contributed by atoms with E-state index in [9.17, 15) is 14.7 Å². The number of carboxylic acids is 1. The molecule has 0 aromatic heterocycles. The summed E-state index contributed by atoms with van der Waals surface area (Å²) in [5.74, 6) is -1.26. The molecule has 0 radical (unpaired) electrons. The quantitative estimate of drug-likeness (QED) is 0.643. The van der Waals surface area contributed by atoms with Crippen molar-refractivity contribution in [1.82, 2.24) is 10.2 Å². The van der Waals surface area contributed by atoms with E-state index >= 15 is 0 Å². The highest BCUT2D eigenvalue weighted by atomic mass is 16.5. The maximum atomic E-state index is 12.0. The molecular formula is C11H20N2O5. The third-order valence-electron chi connectivity index (χ3n) is 2.92. The molecule has 0 saturated carbocycles. The smallest absolute Gasteiger partial charge is 0.328 e. The summed E-state index contributed by atoms with van der Waals surface area (Å²) in [7, 11) is 0. The van der Waals surface area contributed by atoms with Gasteiger partial charge in [0.15, 0.2) is 6.04 Å². The van der Waals surface area contributed by atoms with E-state index in [1.165, 1.54) is 11.8 Å². The predicted octanol–water partition coefficient (Wildman–Crippen LogP) is -0.359. The molecule has 7 heteroatoms. The summed E-state index contributed by atoms with van der Waals surface area (Å²) in [5, 5.41) is 20.5. The van der Waals surface area contributed by atoms with Gasteiger partial charge < -0.3 is 25.2 Å². The van der Waals surface area contributed by atoms with Gasteiger partial charge in [-0.15, -0.1) is 0 Å². The van der Waals surface area contributed by atoms with Gasteiger partial charge in [-0.1, -0.05) is 0 Å². The molecule has 1 rings (SSSR count). The lowest BCUT2D eigenvalue weighted by Gasteiger charge is -2.42. The summed E-state index contributed by atoms with van der Waals surface area (Å²) in [6, 6.07) is -1.81. The Hall–Kier alpha value is -1.34. The van der Waals surface area contributed by atoms with Crippen molar-refractivity contribution in [3.8, 4) is 0 Å². The summed E-state index contributed by atoms with van der Waals surface area (Å²) in [5.41, 5.74) is -0.496. The second-order valence-corrected chi connectivity index (χ2v) is 5.02. The number of urea groups is 1. The van der Waals surface area contributed by atoms with Gasteiger partial charge in [-0.25, -0.2) is 9.59 Å². The van der Waals surface area contributed by atoms with Crippen molar-refractivity contribution >= 4 is 12.0 Å². The van der Waals surface area contributed by atoms with Crippen LogP contribution in [0.4, 0.5) is 4.79 Å². The number of carbonyl (C=O) groups excluding carboxylic acids is 1. The normalized spacial score (nSPS) is 22.1. The minimum atomic E-state index is -1.31. The molecule has 1 aliphatic rings. The van der Waals surface area contributed by atoms with Gasteiger partial charge in [0.25, 0.3) is 0 Å². The average molecular weight is 260 g/mol. The minimum absolute atomic E-state index is 0.394. The van der Waals surface area contributed by atoms with E-state index in [0.29, 0.717) is 19.8 Å². The Morgan fingerprint density at radius 3 is 2.50 bits per heavy atom. The maximum Gasteiger partial charge on any atom is 0.328 e. The molecule has 1 aliphatic heterocycles. The van der Waals surface area contributed by atoms with E-state index in [2.05, 4.69) is 5.32 Å². The zero-order chi connectivity index (χ0) is 13.9. The predicted molar refractivity (Wildman–Crippen MR) is 63.2 cm³/mol. The van der Waals surface area contributed by atoms with E-state index in [0.717, 1.165) is 0 Å². The van der Waals surface area contributed by atoms with Gasteiger partial charge in [0.1, 0.15) is 0 Å². The Balaban J connectivity index is 2.71. The Morgan fingerprint density at radius 1 is 1.44 bits per heavy atom. The topological polar surface area (TPSA) is 99.1 Å². The molecule has 1 heterocycles. The first-order valence-electron chi connectivity index (χ1n) is 5.82. The molecule has 0 bridgehead atoms. The first-order valence-corrected chi connectivity index (χ1v) is 5.82. The van der Waals surface area contributed by atoms with E-state index in [1.54, 1.807) is 0 Å². The highest BCUT2D eigenvalue weighted by molar-refractivity contribution is 5.83. The number of hydrogen-bond acceptors (Lipinski definition) is 4. The van der Waals surface area contributed by atoms with Crippen LogP contribution in [0.15, 0.2) is 0 Å². The van der Waals surface area contributed by atoms with Gasteiger partial charge in [-0.3, -0.25) is 0 Å². The molecular weight excluding hydrogens is 240 g/mol. The summed E-state index contributed by atoms with van der Waals surface area (Å²) in [6.07, 6.45) is -1.16. The maximum absolute atomic E-state index is 12.0. The molecule has 3 N–H and O–H groups in total. The molecule has 0 aromatic carbocycles. The number of morpholine rings is 1. The van der Waals surface area contributed by atoms with Crippen molar-refractivity contribution in [2.75, 3.05) is 19.8 Å². The van der Waals surface area contributed by atoms with Crippen LogP contribution in [0.2, 0.25) is 0 Å². The van der Waals surface area contributed by atoms with Crippen LogP contribution < -0.4 is 5.32 Å². The van der Waals surface area contributed by atoms with Gasteiger partial charge >= 0.3 is 12.0 Å². The van der Waals surface area contributed by atoms with Gasteiger partial charge in [-0.05, 0) is 20.8 Å². The van der Waals surface area contributed by atoms with Crippen LogP contribution in [-0.2, 0) is 9.53 Å². The molecule has 0 aromatic rings. The van der Waals surface area contributed by atoms with Crippen LogP contribution in [0, 0.1) is 0 Å². The first-order chi connectivity index (χ1) is 8.25. The number of ether oxygens (including phenoxy) is 1. The molecule has 18 heavy (non-hydrogen) atoms. The molecule has 2 amide bonds. The van der Waals surface area contributed by atoms with Crippen LogP contribution >= 0.6 is 0 Å². The lowest BCUT2D eigenvalue weighted by molar-refractivity contribution is -0.142. The fourth-order valence-corrected chi connectivity index (χ4v) is 1.83. The number of carboxylic acid groups (broad SMARTS) is 1. The number of amides is 2. The molecule has 7 nitrogen and oxygen atoms in total. The molecule has 1 saturated heterocycles.